The van der Waals surface area contributed by atoms with Crippen LogP contribution < -0.4 is 10.0 Å². The van der Waals surface area contributed by atoms with Crippen molar-refractivity contribution in [1.82, 2.24) is 34.9 Å². The summed E-state index contributed by atoms with van der Waals surface area (Å²) in [6, 6.07) is 11.9. The molecule has 0 aliphatic carbocycles. The smallest absolute Gasteiger partial charge is 0.224 e. The maximum absolute atomic E-state index is 14.6. The standard InChI is InChI=1S/C30H27FN8O3S/c1-3-4-28(40)35-21-10-19(13-32-14-21)24-5-6-25-29(37-24)30(39-38-25)26-11-22-23(15-33-16-27(22)36-26)18-7-17(8-20(31)9-18)12-34-43(2,41)42/h5-11,13-16,34,36H,3-4,12H2,1-2H3,(H,35,40)(H,38,39). The second-order valence-corrected chi connectivity index (χ2v) is 12.0. The van der Waals surface area contributed by atoms with Crippen LogP contribution in [0.4, 0.5) is 10.1 Å². The Morgan fingerprint density at radius 1 is 0.977 bits per heavy atom. The van der Waals surface area contributed by atoms with Gasteiger partial charge >= 0.3 is 0 Å². The number of rotatable bonds is 9. The van der Waals surface area contributed by atoms with Gasteiger partial charge < -0.3 is 10.3 Å². The molecule has 11 nitrogen and oxygen atoms in total. The summed E-state index contributed by atoms with van der Waals surface area (Å²) in [4.78, 5) is 28.9. The van der Waals surface area contributed by atoms with Crippen molar-refractivity contribution >= 4 is 43.6 Å². The number of amides is 1. The van der Waals surface area contributed by atoms with E-state index in [1.54, 1.807) is 30.9 Å². The summed E-state index contributed by atoms with van der Waals surface area (Å²) in [6.07, 6.45) is 8.82. The molecule has 0 radical (unpaired) electrons. The molecule has 0 spiro atoms. The van der Waals surface area contributed by atoms with Crippen molar-refractivity contribution in [2.45, 2.75) is 26.3 Å². The van der Waals surface area contributed by atoms with Crippen molar-refractivity contribution in [2.24, 2.45) is 0 Å². The lowest BCUT2D eigenvalue weighted by Crippen LogP contribution is -2.21. The van der Waals surface area contributed by atoms with Gasteiger partial charge in [-0.3, -0.25) is 19.9 Å². The van der Waals surface area contributed by atoms with E-state index in [0.29, 0.717) is 56.9 Å². The average Bonchev–Trinajstić information content (AvgIpc) is 3.59. The summed E-state index contributed by atoms with van der Waals surface area (Å²) >= 11 is 0. The maximum Gasteiger partial charge on any atom is 0.224 e. The van der Waals surface area contributed by atoms with Gasteiger partial charge in [-0.05, 0) is 60.0 Å². The van der Waals surface area contributed by atoms with E-state index in [4.69, 9.17) is 4.98 Å². The van der Waals surface area contributed by atoms with Gasteiger partial charge in [0.05, 0.1) is 46.8 Å². The first kappa shape index (κ1) is 28.1. The lowest BCUT2D eigenvalue weighted by Gasteiger charge is -2.08. The first-order chi connectivity index (χ1) is 20.7. The van der Waals surface area contributed by atoms with Crippen molar-refractivity contribution in [3.05, 3.63) is 78.6 Å². The molecule has 0 atom stereocenters. The minimum absolute atomic E-state index is 0.0395. The molecule has 13 heteroatoms. The number of aromatic amines is 2. The molecule has 0 unspecified atom stereocenters. The third-order valence-corrected chi connectivity index (χ3v) is 7.48. The number of hydrogen-bond donors (Lipinski definition) is 4. The van der Waals surface area contributed by atoms with Crippen molar-refractivity contribution < 1.29 is 17.6 Å². The predicted molar refractivity (Wildman–Crippen MR) is 163 cm³/mol. The van der Waals surface area contributed by atoms with Gasteiger partial charge in [0.2, 0.25) is 15.9 Å². The Bertz CT molecular complexity index is 2110. The van der Waals surface area contributed by atoms with Crippen LogP contribution in [0.15, 0.2) is 67.3 Å². The fraction of sp³-hybridized carbons (Fsp3) is 0.167. The predicted octanol–water partition coefficient (Wildman–Crippen LogP) is 5.16. The van der Waals surface area contributed by atoms with Gasteiger partial charge in [-0.2, -0.15) is 5.10 Å². The van der Waals surface area contributed by atoms with E-state index in [2.05, 4.69) is 35.2 Å². The zero-order valence-corrected chi connectivity index (χ0v) is 24.1. The first-order valence-corrected chi connectivity index (χ1v) is 15.4. The van der Waals surface area contributed by atoms with Crippen molar-refractivity contribution in [3.63, 3.8) is 0 Å². The molecule has 218 valence electrons. The number of hydrogen-bond acceptors (Lipinski definition) is 7. The van der Waals surface area contributed by atoms with Crippen LogP contribution in [0.3, 0.4) is 0 Å². The van der Waals surface area contributed by atoms with Crippen molar-refractivity contribution in [1.29, 1.82) is 0 Å². The number of aromatic nitrogens is 6. The first-order valence-electron chi connectivity index (χ1n) is 13.5. The highest BCUT2D eigenvalue weighted by molar-refractivity contribution is 7.88. The molecule has 0 saturated heterocycles. The highest BCUT2D eigenvalue weighted by Crippen LogP contribution is 2.34. The SMILES string of the molecule is CCCC(=O)Nc1cncc(-c2ccc3[nH]nc(-c4cc5c(-c6cc(F)cc(CNS(C)(=O)=O)c6)cncc5[nH]4)c3n2)c1. The van der Waals surface area contributed by atoms with Gasteiger partial charge in [0, 0.05) is 41.9 Å². The highest BCUT2D eigenvalue weighted by Gasteiger charge is 2.17. The number of sulfonamides is 1. The van der Waals surface area contributed by atoms with Crippen molar-refractivity contribution in [2.75, 3.05) is 11.6 Å². The van der Waals surface area contributed by atoms with Crippen LogP contribution in [-0.2, 0) is 21.4 Å². The minimum atomic E-state index is -3.44. The molecule has 0 fully saturated rings. The molecular formula is C30H27FN8O3S. The van der Waals surface area contributed by atoms with Gasteiger partial charge in [0.15, 0.2) is 0 Å². The second kappa shape index (κ2) is 11.3. The number of anilines is 1. The molecular weight excluding hydrogens is 571 g/mol. The number of fused-ring (bicyclic) bond motifs is 2. The van der Waals surface area contributed by atoms with E-state index >= 15 is 0 Å². The van der Waals surface area contributed by atoms with Gasteiger partial charge in [-0.25, -0.2) is 22.5 Å². The van der Waals surface area contributed by atoms with E-state index in [1.807, 2.05) is 31.2 Å². The number of benzene rings is 1. The van der Waals surface area contributed by atoms with Crippen LogP contribution in [0, 0.1) is 5.82 Å². The maximum atomic E-state index is 14.6. The quantitative estimate of drug-likeness (QED) is 0.179. The van der Waals surface area contributed by atoms with E-state index in [-0.39, 0.29) is 12.5 Å². The molecule has 0 bridgehead atoms. The number of carbonyl (C=O) groups excluding carboxylic acids is 1. The van der Waals surface area contributed by atoms with E-state index < -0.39 is 15.8 Å². The molecule has 6 aromatic rings. The molecule has 0 aliphatic rings. The van der Waals surface area contributed by atoms with Crippen LogP contribution in [0.2, 0.25) is 0 Å². The minimum Gasteiger partial charge on any atom is -0.352 e. The summed E-state index contributed by atoms with van der Waals surface area (Å²) < 4.78 is 40.1. The molecule has 1 amide bonds. The molecule has 1 aromatic carbocycles. The molecule has 6 rings (SSSR count). The number of carbonyl (C=O) groups is 1. The second-order valence-electron chi connectivity index (χ2n) is 10.2. The molecule has 5 heterocycles. The number of pyridine rings is 3. The summed E-state index contributed by atoms with van der Waals surface area (Å²) in [5, 5.41) is 11.2. The third-order valence-electron chi connectivity index (χ3n) is 6.81. The van der Waals surface area contributed by atoms with Crippen LogP contribution >= 0.6 is 0 Å². The Morgan fingerprint density at radius 2 is 1.81 bits per heavy atom. The van der Waals surface area contributed by atoms with Crippen LogP contribution in [-0.4, -0.2) is 50.7 Å². The Morgan fingerprint density at radius 3 is 2.63 bits per heavy atom. The summed E-state index contributed by atoms with van der Waals surface area (Å²) in [6.45, 7) is 1.91. The number of nitrogens with one attached hydrogen (secondary N) is 4. The molecule has 4 N–H and O–H groups in total. The Hall–Kier alpha value is -5.01. The Balaban J connectivity index is 1.37. The average molecular weight is 599 g/mol. The largest absolute Gasteiger partial charge is 0.352 e. The lowest BCUT2D eigenvalue weighted by molar-refractivity contribution is -0.116. The molecule has 43 heavy (non-hydrogen) atoms. The Kier molecular flexibility index (Phi) is 7.42. The third kappa shape index (κ3) is 6.12. The Labute approximate surface area is 246 Å². The van der Waals surface area contributed by atoms with Crippen LogP contribution in [0.5, 0.6) is 0 Å². The lowest BCUT2D eigenvalue weighted by atomic mass is 10.0. The van der Waals surface area contributed by atoms with Crippen LogP contribution in [0.25, 0.3) is 55.7 Å². The number of halogens is 1. The zero-order valence-electron chi connectivity index (χ0n) is 23.3. The van der Waals surface area contributed by atoms with Gasteiger partial charge in [-0.1, -0.05) is 6.92 Å². The van der Waals surface area contributed by atoms with Gasteiger partial charge in [0.1, 0.15) is 17.0 Å². The normalized spacial score (nSPS) is 11.8. The number of H-pyrrole nitrogens is 2. The van der Waals surface area contributed by atoms with E-state index in [1.165, 1.54) is 12.1 Å². The topological polar surface area (TPSA) is 158 Å². The fourth-order valence-electron chi connectivity index (χ4n) is 4.88. The summed E-state index contributed by atoms with van der Waals surface area (Å²) in [5.74, 6) is -0.566. The highest BCUT2D eigenvalue weighted by atomic mass is 32.2. The summed E-state index contributed by atoms with van der Waals surface area (Å²) in [7, 11) is -3.44. The van der Waals surface area contributed by atoms with Crippen LogP contribution in [0.1, 0.15) is 25.3 Å². The van der Waals surface area contributed by atoms with Crippen molar-refractivity contribution in [3.8, 4) is 33.8 Å². The number of nitrogens with zero attached hydrogens (tertiary/aromatic N) is 4. The monoisotopic (exact) mass is 598 g/mol. The molecule has 0 aliphatic heterocycles. The molecule has 5 aromatic heterocycles. The zero-order chi connectivity index (χ0) is 30.1. The van der Waals surface area contributed by atoms with Gasteiger partial charge in [-0.15, -0.1) is 0 Å². The van der Waals surface area contributed by atoms with Gasteiger partial charge in [0.25, 0.3) is 0 Å². The van der Waals surface area contributed by atoms with E-state index in [9.17, 15) is 17.6 Å². The summed E-state index contributed by atoms with van der Waals surface area (Å²) in [5.41, 5.74) is 7.00. The van der Waals surface area contributed by atoms with E-state index in [0.717, 1.165) is 29.1 Å². The fourth-order valence-corrected chi connectivity index (χ4v) is 5.31. The molecule has 0 saturated carbocycles.